The van der Waals surface area contributed by atoms with Crippen molar-refractivity contribution >= 4 is 17.9 Å². The molecule has 21 heavy (non-hydrogen) atoms. The number of nitrogens with one attached hydrogen (secondary N) is 1. The fourth-order valence-corrected chi connectivity index (χ4v) is 2.76. The van der Waals surface area contributed by atoms with Crippen LogP contribution in [0.4, 0.5) is 4.79 Å². The summed E-state index contributed by atoms with van der Waals surface area (Å²) in [4.78, 5) is 35.5. The van der Waals surface area contributed by atoms with Gasteiger partial charge in [0.15, 0.2) is 0 Å². The molecule has 0 spiro atoms. The van der Waals surface area contributed by atoms with E-state index in [-0.39, 0.29) is 6.04 Å². The van der Waals surface area contributed by atoms with Crippen LogP contribution >= 0.6 is 0 Å². The van der Waals surface area contributed by atoms with Crippen molar-refractivity contribution < 1.29 is 19.5 Å². The number of aliphatic carboxylic acids is 1. The van der Waals surface area contributed by atoms with Gasteiger partial charge in [-0.15, -0.1) is 0 Å². The Bertz CT molecular complexity index is 392. The Morgan fingerprint density at radius 1 is 1.29 bits per heavy atom. The molecule has 4 N–H and O–H groups in total. The molecule has 0 aromatic heterocycles. The lowest BCUT2D eigenvalue weighted by molar-refractivity contribution is -0.141. The van der Waals surface area contributed by atoms with Crippen LogP contribution in [-0.4, -0.2) is 47.0 Å². The van der Waals surface area contributed by atoms with E-state index in [9.17, 15) is 14.4 Å². The number of hydrogen-bond acceptors (Lipinski definition) is 3. The quantitative estimate of drug-likeness (QED) is 0.677. The molecule has 1 saturated carbocycles. The number of primary amides is 1. The molecule has 0 aromatic carbocycles. The second-order valence-electron chi connectivity index (χ2n) is 5.70. The molecule has 1 fully saturated rings. The second kappa shape index (κ2) is 7.85. The summed E-state index contributed by atoms with van der Waals surface area (Å²) in [5.41, 5.74) is 4.99. The van der Waals surface area contributed by atoms with Crippen molar-refractivity contribution in [3.63, 3.8) is 0 Å². The highest BCUT2D eigenvalue weighted by molar-refractivity contribution is 5.87. The molecule has 1 aliphatic rings. The fraction of sp³-hybridized carbons (Fsp3) is 0.786. The van der Waals surface area contributed by atoms with Gasteiger partial charge in [-0.3, -0.25) is 4.79 Å². The van der Waals surface area contributed by atoms with E-state index in [1.807, 2.05) is 0 Å². The van der Waals surface area contributed by atoms with Gasteiger partial charge in [-0.1, -0.05) is 13.3 Å². The molecular weight excluding hydrogens is 274 g/mol. The summed E-state index contributed by atoms with van der Waals surface area (Å²) >= 11 is 0. The average Bonchev–Trinajstić information content (AvgIpc) is 2.45. The number of hydrogen-bond donors (Lipinski definition) is 3. The average molecular weight is 299 g/mol. The normalized spacial score (nSPS) is 23.1. The van der Waals surface area contributed by atoms with Gasteiger partial charge in [0.25, 0.3) is 0 Å². The van der Waals surface area contributed by atoms with E-state index in [1.165, 1.54) is 0 Å². The van der Waals surface area contributed by atoms with Gasteiger partial charge in [-0.2, -0.15) is 0 Å². The third-order valence-electron chi connectivity index (χ3n) is 4.26. The maximum Gasteiger partial charge on any atom is 0.326 e. The molecule has 0 heterocycles. The molecule has 0 radical (unpaired) electrons. The lowest BCUT2D eigenvalue weighted by atomic mass is 9.84. The van der Waals surface area contributed by atoms with Gasteiger partial charge in [-0.25, -0.2) is 9.59 Å². The topological polar surface area (TPSA) is 113 Å². The highest BCUT2D eigenvalue weighted by Gasteiger charge is 2.29. The summed E-state index contributed by atoms with van der Waals surface area (Å²) < 4.78 is 0. The maximum absolute atomic E-state index is 12.1. The lowest BCUT2D eigenvalue weighted by Gasteiger charge is -2.34. The monoisotopic (exact) mass is 299 g/mol. The van der Waals surface area contributed by atoms with Crippen LogP contribution in [0.5, 0.6) is 0 Å². The summed E-state index contributed by atoms with van der Waals surface area (Å²) in [7, 11) is 1.66. The Labute approximate surface area is 124 Å². The van der Waals surface area contributed by atoms with Crippen LogP contribution in [0.1, 0.15) is 45.4 Å². The zero-order valence-corrected chi connectivity index (χ0v) is 12.7. The van der Waals surface area contributed by atoms with E-state index in [2.05, 4.69) is 12.2 Å². The summed E-state index contributed by atoms with van der Waals surface area (Å²) in [5, 5.41) is 11.3. The number of amides is 3. The van der Waals surface area contributed by atoms with Crippen molar-refractivity contribution in [1.82, 2.24) is 10.2 Å². The maximum atomic E-state index is 12.1. The van der Waals surface area contributed by atoms with Gasteiger partial charge < -0.3 is 21.1 Å². The van der Waals surface area contributed by atoms with E-state index in [0.29, 0.717) is 0 Å². The van der Waals surface area contributed by atoms with Gasteiger partial charge >= 0.3 is 12.0 Å². The SMILES string of the molecule is CCC1CCC(N(C)C(=O)N[C@@H](CC(N)=O)C(=O)O)CC1. The molecule has 0 aromatic rings. The number of carbonyl (C=O) groups is 3. The summed E-state index contributed by atoms with van der Waals surface area (Å²) in [6.07, 6.45) is 4.77. The minimum Gasteiger partial charge on any atom is -0.480 e. The number of carboxylic acids is 1. The zero-order valence-electron chi connectivity index (χ0n) is 12.7. The van der Waals surface area contributed by atoms with E-state index in [4.69, 9.17) is 10.8 Å². The molecule has 1 rings (SSSR count). The van der Waals surface area contributed by atoms with Crippen LogP contribution in [0.2, 0.25) is 0 Å². The Morgan fingerprint density at radius 3 is 2.29 bits per heavy atom. The Balaban J connectivity index is 2.53. The number of urea groups is 1. The summed E-state index contributed by atoms with van der Waals surface area (Å²) in [6, 6.07) is -1.62. The predicted molar refractivity (Wildman–Crippen MR) is 77.6 cm³/mol. The highest BCUT2D eigenvalue weighted by Crippen LogP contribution is 2.28. The number of carboxylic acid groups (broad SMARTS) is 1. The van der Waals surface area contributed by atoms with Gasteiger partial charge in [0.05, 0.1) is 6.42 Å². The van der Waals surface area contributed by atoms with Crippen molar-refractivity contribution in [1.29, 1.82) is 0 Å². The van der Waals surface area contributed by atoms with Gasteiger partial charge in [0, 0.05) is 13.1 Å². The van der Waals surface area contributed by atoms with Gasteiger partial charge in [0.2, 0.25) is 5.91 Å². The number of carbonyl (C=O) groups excluding carboxylic acids is 2. The van der Waals surface area contributed by atoms with Crippen molar-refractivity contribution in [3.05, 3.63) is 0 Å². The van der Waals surface area contributed by atoms with Crippen LogP contribution in [0, 0.1) is 5.92 Å². The van der Waals surface area contributed by atoms with Gasteiger partial charge in [-0.05, 0) is 31.6 Å². The number of nitrogens with zero attached hydrogens (tertiary/aromatic N) is 1. The molecule has 1 aliphatic carbocycles. The standard InChI is InChI=1S/C14H25N3O4/c1-3-9-4-6-10(7-5-9)17(2)14(21)16-11(13(19)20)8-12(15)18/h9-11H,3-8H2,1-2H3,(H2,15,18)(H,16,21)(H,19,20)/t9?,10?,11-/m0/s1. The van der Waals surface area contributed by atoms with Crippen LogP contribution in [0.25, 0.3) is 0 Å². The third kappa shape index (κ3) is 5.24. The van der Waals surface area contributed by atoms with Crippen molar-refractivity contribution in [2.75, 3.05) is 7.05 Å². The molecule has 3 amide bonds. The van der Waals surface area contributed by atoms with E-state index in [1.54, 1.807) is 11.9 Å². The number of nitrogens with two attached hydrogens (primary N) is 1. The molecule has 7 heteroatoms. The van der Waals surface area contributed by atoms with Crippen LogP contribution in [0.15, 0.2) is 0 Å². The molecule has 0 unspecified atom stereocenters. The summed E-state index contributed by atoms with van der Waals surface area (Å²) in [5.74, 6) is -1.29. The largest absolute Gasteiger partial charge is 0.480 e. The van der Waals surface area contributed by atoms with Crippen LogP contribution in [0.3, 0.4) is 0 Å². The van der Waals surface area contributed by atoms with Crippen molar-refractivity contribution in [3.8, 4) is 0 Å². The van der Waals surface area contributed by atoms with Crippen LogP contribution < -0.4 is 11.1 Å². The summed E-state index contributed by atoms with van der Waals surface area (Å²) in [6.45, 7) is 2.17. The first-order chi connectivity index (χ1) is 9.85. The minimum atomic E-state index is -1.27. The zero-order chi connectivity index (χ0) is 16.0. The Kier molecular flexibility index (Phi) is 6.45. The first kappa shape index (κ1) is 17.3. The predicted octanol–water partition coefficient (Wildman–Crippen LogP) is 0.925. The molecule has 7 nitrogen and oxygen atoms in total. The smallest absolute Gasteiger partial charge is 0.326 e. The van der Waals surface area contributed by atoms with Crippen molar-refractivity contribution in [2.45, 2.75) is 57.5 Å². The molecule has 0 aliphatic heterocycles. The van der Waals surface area contributed by atoms with E-state index >= 15 is 0 Å². The molecule has 1 atom stereocenters. The molecule has 0 saturated heterocycles. The molecule has 0 bridgehead atoms. The second-order valence-corrected chi connectivity index (χ2v) is 5.70. The Hall–Kier alpha value is -1.79. The van der Waals surface area contributed by atoms with E-state index < -0.39 is 30.4 Å². The lowest BCUT2D eigenvalue weighted by Crippen LogP contribution is -2.51. The minimum absolute atomic E-state index is 0.121. The fourth-order valence-electron chi connectivity index (χ4n) is 2.76. The van der Waals surface area contributed by atoms with Gasteiger partial charge in [0.1, 0.15) is 6.04 Å². The Morgan fingerprint density at radius 2 is 1.86 bits per heavy atom. The highest BCUT2D eigenvalue weighted by atomic mass is 16.4. The molecule has 120 valence electrons. The van der Waals surface area contributed by atoms with Crippen molar-refractivity contribution in [2.24, 2.45) is 11.7 Å². The molecular formula is C14H25N3O4. The third-order valence-corrected chi connectivity index (χ3v) is 4.26. The van der Waals surface area contributed by atoms with Crippen LogP contribution in [-0.2, 0) is 9.59 Å². The number of rotatable bonds is 6. The first-order valence-electron chi connectivity index (χ1n) is 7.39. The first-order valence-corrected chi connectivity index (χ1v) is 7.39. The van der Waals surface area contributed by atoms with E-state index in [0.717, 1.165) is 38.0 Å².